The Morgan fingerprint density at radius 2 is 2.00 bits per heavy atom. The van der Waals surface area contributed by atoms with Gasteiger partial charge in [0.05, 0.1) is 12.1 Å². The minimum Gasteiger partial charge on any atom is -0.396 e. The fourth-order valence-corrected chi connectivity index (χ4v) is 3.72. The molecule has 0 atom stereocenters. The van der Waals surface area contributed by atoms with E-state index in [4.69, 9.17) is 4.74 Å². The van der Waals surface area contributed by atoms with E-state index in [1.807, 2.05) is 24.7 Å². The highest BCUT2D eigenvalue weighted by Crippen LogP contribution is 2.35. The largest absolute Gasteiger partial charge is 0.396 e. The summed E-state index contributed by atoms with van der Waals surface area (Å²) in [5.41, 5.74) is 3.12. The van der Waals surface area contributed by atoms with E-state index >= 15 is 0 Å². The Balaban J connectivity index is 1.77. The van der Waals surface area contributed by atoms with E-state index in [-0.39, 0.29) is 12.0 Å². The summed E-state index contributed by atoms with van der Waals surface area (Å²) in [4.78, 5) is 9.15. The number of nitrogens with zero attached hydrogens (tertiary/aromatic N) is 3. The molecule has 0 unspecified atom stereocenters. The molecule has 0 spiro atoms. The van der Waals surface area contributed by atoms with Gasteiger partial charge < -0.3 is 14.4 Å². The molecule has 0 aliphatic carbocycles. The highest BCUT2D eigenvalue weighted by molar-refractivity contribution is 5.94. The molecule has 1 saturated heterocycles. The molecule has 1 aliphatic rings. The molecule has 3 aromatic rings. The lowest BCUT2D eigenvalue weighted by Crippen LogP contribution is -2.37. The van der Waals surface area contributed by atoms with Crippen molar-refractivity contribution in [2.24, 2.45) is 5.41 Å². The summed E-state index contributed by atoms with van der Waals surface area (Å²) in [5, 5.41) is 11.1. The maximum Gasteiger partial charge on any atom is 0.140 e. The molecule has 1 N–H and O–H groups in total. The van der Waals surface area contributed by atoms with Gasteiger partial charge in [0.25, 0.3) is 0 Å². The Morgan fingerprint density at radius 3 is 2.80 bits per heavy atom. The fraction of sp³-hybridized carbons (Fsp3) is 0.400. The summed E-state index contributed by atoms with van der Waals surface area (Å²) in [7, 11) is 0. The number of aromatic nitrogens is 3. The number of ether oxygens (including phenoxy) is 1. The summed E-state index contributed by atoms with van der Waals surface area (Å²) < 4.78 is 7.65. The van der Waals surface area contributed by atoms with Gasteiger partial charge in [-0.2, -0.15) is 0 Å². The second kappa shape index (κ2) is 6.58. The number of pyridine rings is 1. The van der Waals surface area contributed by atoms with Gasteiger partial charge in [-0.25, -0.2) is 4.98 Å². The first-order valence-electron chi connectivity index (χ1n) is 8.77. The van der Waals surface area contributed by atoms with Crippen molar-refractivity contribution < 1.29 is 9.84 Å². The van der Waals surface area contributed by atoms with E-state index in [0.717, 1.165) is 47.2 Å². The van der Waals surface area contributed by atoms with Gasteiger partial charge >= 0.3 is 0 Å². The lowest BCUT2D eigenvalue weighted by Gasteiger charge is -2.36. The molecule has 0 amide bonds. The van der Waals surface area contributed by atoms with E-state index in [2.05, 4.69) is 39.7 Å². The van der Waals surface area contributed by atoms with Crippen molar-refractivity contribution in [3.63, 3.8) is 0 Å². The van der Waals surface area contributed by atoms with Crippen LogP contribution in [0.5, 0.6) is 0 Å². The summed E-state index contributed by atoms with van der Waals surface area (Å²) in [5.74, 6) is 0.928. The van der Waals surface area contributed by atoms with Crippen LogP contribution in [0, 0.1) is 12.3 Å². The smallest absolute Gasteiger partial charge is 0.140 e. The van der Waals surface area contributed by atoms with Gasteiger partial charge in [0.15, 0.2) is 0 Å². The highest BCUT2D eigenvalue weighted by Gasteiger charge is 2.33. The molecule has 5 nitrogen and oxygen atoms in total. The number of aliphatic hydroxyl groups excluding tert-OH is 1. The Morgan fingerprint density at radius 1 is 1.16 bits per heavy atom. The van der Waals surface area contributed by atoms with Crippen molar-refractivity contribution in [2.45, 2.75) is 26.3 Å². The maximum absolute atomic E-state index is 10.0. The number of hydrogen-bond donors (Lipinski definition) is 1. The molecule has 0 bridgehead atoms. The monoisotopic (exact) mass is 337 g/mol. The van der Waals surface area contributed by atoms with Crippen LogP contribution in [0.15, 0.2) is 42.9 Å². The Hall–Kier alpha value is -2.24. The number of fused-ring (bicyclic) bond motifs is 1. The van der Waals surface area contributed by atoms with Gasteiger partial charge in [0, 0.05) is 54.7 Å². The van der Waals surface area contributed by atoms with Crippen LogP contribution in [0.25, 0.3) is 22.3 Å². The van der Waals surface area contributed by atoms with Crippen molar-refractivity contribution >= 4 is 10.9 Å². The molecular formula is C20H23N3O2. The SMILES string of the molecule is Cc1ccc(-c2nccn2CC2(CO)CCOCC2)c2cccnc12. The maximum atomic E-state index is 10.0. The van der Waals surface area contributed by atoms with E-state index in [1.54, 1.807) is 0 Å². The molecule has 0 radical (unpaired) electrons. The topological polar surface area (TPSA) is 60.2 Å². The lowest BCUT2D eigenvalue weighted by molar-refractivity contribution is -0.0250. The van der Waals surface area contributed by atoms with Gasteiger partial charge in [0.2, 0.25) is 0 Å². The summed E-state index contributed by atoms with van der Waals surface area (Å²) in [6.07, 6.45) is 7.41. The van der Waals surface area contributed by atoms with Crippen LogP contribution in [-0.4, -0.2) is 39.5 Å². The van der Waals surface area contributed by atoms with Crippen LogP contribution in [0.1, 0.15) is 18.4 Å². The summed E-state index contributed by atoms with van der Waals surface area (Å²) in [6, 6.07) is 8.28. The average Bonchev–Trinajstić information content (AvgIpc) is 3.11. The molecular weight excluding hydrogens is 314 g/mol. The fourth-order valence-electron chi connectivity index (χ4n) is 3.72. The summed E-state index contributed by atoms with van der Waals surface area (Å²) in [6.45, 7) is 4.42. The lowest BCUT2D eigenvalue weighted by atomic mass is 9.81. The number of benzene rings is 1. The van der Waals surface area contributed by atoms with Crippen LogP contribution in [0.3, 0.4) is 0 Å². The first-order valence-corrected chi connectivity index (χ1v) is 8.77. The van der Waals surface area contributed by atoms with Gasteiger partial charge in [-0.05, 0) is 31.4 Å². The number of hydrogen-bond acceptors (Lipinski definition) is 4. The van der Waals surface area contributed by atoms with E-state index in [1.165, 1.54) is 0 Å². The average molecular weight is 337 g/mol. The van der Waals surface area contributed by atoms with Crippen molar-refractivity contribution in [2.75, 3.05) is 19.8 Å². The summed E-state index contributed by atoms with van der Waals surface area (Å²) >= 11 is 0. The Labute approximate surface area is 147 Å². The molecule has 1 aliphatic heterocycles. The molecule has 25 heavy (non-hydrogen) atoms. The van der Waals surface area contributed by atoms with Crippen molar-refractivity contribution in [3.05, 3.63) is 48.4 Å². The molecule has 2 aromatic heterocycles. The van der Waals surface area contributed by atoms with Gasteiger partial charge in [-0.3, -0.25) is 4.98 Å². The quantitative estimate of drug-likeness (QED) is 0.794. The standard InChI is InChI=1S/C20H23N3O2/c1-15-4-5-17(16-3-2-8-21-18(15)16)19-22-9-10-23(19)13-20(14-24)6-11-25-12-7-20/h2-5,8-10,24H,6-7,11-14H2,1H3. The van der Waals surface area contributed by atoms with Gasteiger partial charge in [-0.1, -0.05) is 18.2 Å². The molecule has 130 valence electrons. The van der Waals surface area contributed by atoms with Crippen LogP contribution in [0.4, 0.5) is 0 Å². The second-order valence-electron chi connectivity index (χ2n) is 6.98. The number of rotatable bonds is 4. The number of imidazole rings is 1. The predicted octanol–water partition coefficient (Wildman–Crippen LogP) is 3.20. The minimum absolute atomic E-state index is 0.132. The normalized spacial score (nSPS) is 17.0. The van der Waals surface area contributed by atoms with E-state index in [9.17, 15) is 5.11 Å². The molecule has 5 heteroatoms. The molecule has 3 heterocycles. The first kappa shape index (κ1) is 16.2. The van der Waals surface area contributed by atoms with Gasteiger partial charge in [-0.15, -0.1) is 0 Å². The number of aryl methyl sites for hydroxylation is 1. The molecule has 1 aromatic carbocycles. The zero-order valence-corrected chi connectivity index (χ0v) is 14.5. The third-order valence-electron chi connectivity index (χ3n) is 5.32. The van der Waals surface area contributed by atoms with Crippen LogP contribution < -0.4 is 0 Å². The third-order valence-corrected chi connectivity index (χ3v) is 5.32. The van der Waals surface area contributed by atoms with E-state index in [0.29, 0.717) is 13.2 Å². The zero-order chi connectivity index (χ0) is 17.3. The first-order chi connectivity index (χ1) is 12.2. The highest BCUT2D eigenvalue weighted by atomic mass is 16.5. The van der Waals surface area contributed by atoms with Crippen molar-refractivity contribution in [1.29, 1.82) is 0 Å². The van der Waals surface area contributed by atoms with Crippen molar-refractivity contribution in [1.82, 2.24) is 14.5 Å². The third kappa shape index (κ3) is 2.94. The van der Waals surface area contributed by atoms with Crippen LogP contribution in [0.2, 0.25) is 0 Å². The second-order valence-corrected chi connectivity index (χ2v) is 6.98. The van der Waals surface area contributed by atoms with Crippen LogP contribution >= 0.6 is 0 Å². The van der Waals surface area contributed by atoms with Gasteiger partial charge in [0.1, 0.15) is 5.82 Å². The molecule has 4 rings (SSSR count). The number of aliphatic hydroxyl groups is 1. The zero-order valence-electron chi connectivity index (χ0n) is 14.5. The van der Waals surface area contributed by atoms with E-state index < -0.39 is 0 Å². The minimum atomic E-state index is -0.132. The predicted molar refractivity (Wildman–Crippen MR) is 97.3 cm³/mol. The van der Waals surface area contributed by atoms with Crippen LogP contribution in [-0.2, 0) is 11.3 Å². The Kier molecular flexibility index (Phi) is 4.27. The molecule has 0 saturated carbocycles. The Bertz CT molecular complexity index is 882. The molecule has 1 fully saturated rings. The van der Waals surface area contributed by atoms with Crippen molar-refractivity contribution in [3.8, 4) is 11.4 Å².